The standard InChI is InChI=1S/C18H15F2N3O2/c19-13-4-3-11(5-14(13)20)17(24)23-8-18(9-23)12-6-21-16(10-1-2-10)22-15(12)7-25-18/h3-6,10H,1-2,7-9H2. The quantitative estimate of drug-likeness (QED) is 0.841. The molecule has 1 amide bonds. The molecule has 0 unspecified atom stereocenters. The van der Waals surface area contributed by atoms with E-state index in [1.54, 1.807) is 4.90 Å². The SMILES string of the molecule is O=C(c1ccc(F)c(F)c1)N1CC2(C1)OCc1nc(C3CC3)ncc12. The minimum absolute atomic E-state index is 0.132. The van der Waals surface area contributed by atoms with Crippen molar-refractivity contribution >= 4 is 5.91 Å². The first kappa shape index (κ1) is 14.9. The molecule has 128 valence electrons. The van der Waals surface area contributed by atoms with Crippen LogP contribution in [0.15, 0.2) is 24.4 Å². The summed E-state index contributed by atoms with van der Waals surface area (Å²) in [5, 5.41) is 0. The lowest BCUT2D eigenvalue weighted by atomic mass is 9.87. The maximum absolute atomic E-state index is 13.3. The predicted molar refractivity (Wildman–Crippen MR) is 82.7 cm³/mol. The van der Waals surface area contributed by atoms with Crippen molar-refractivity contribution < 1.29 is 18.3 Å². The van der Waals surface area contributed by atoms with Gasteiger partial charge in [-0.1, -0.05) is 0 Å². The molecule has 5 rings (SSSR count). The largest absolute Gasteiger partial charge is 0.360 e. The predicted octanol–water partition coefficient (Wildman–Crippen LogP) is 2.51. The van der Waals surface area contributed by atoms with Crippen molar-refractivity contribution in [1.82, 2.24) is 14.9 Å². The van der Waals surface area contributed by atoms with E-state index in [-0.39, 0.29) is 11.5 Å². The second-order valence-electron chi connectivity index (χ2n) is 6.94. The van der Waals surface area contributed by atoms with Crippen molar-refractivity contribution in [3.63, 3.8) is 0 Å². The Bertz CT molecular complexity index is 892. The summed E-state index contributed by atoms with van der Waals surface area (Å²) < 4.78 is 32.3. The molecule has 2 aliphatic heterocycles. The van der Waals surface area contributed by atoms with Crippen molar-refractivity contribution in [2.75, 3.05) is 13.1 Å². The number of amides is 1. The number of hydrogen-bond donors (Lipinski definition) is 0. The van der Waals surface area contributed by atoms with Crippen molar-refractivity contribution in [3.05, 3.63) is 58.7 Å². The van der Waals surface area contributed by atoms with E-state index in [1.165, 1.54) is 6.07 Å². The third kappa shape index (κ3) is 2.26. The Kier molecular flexibility index (Phi) is 3.01. The van der Waals surface area contributed by atoms with Crippen molar-refractivity contribution in [2.45, 2.75) is 31.0 Å². The van der Waals surface area contributed by atoms with Gasteiger partial charge in [0.1, 0.15) is 11.4 Å². The fourth-order valence-corrected chi connectivity index (χ4v) is 3.53. The molecule has 25 heavy (non-hydrogen) atoms. The van der Waals surface area contributed by atoms with Gasteiger partial charge in [0, 0.05) is 23.2 Å². The Morgan fingerprint density at radius 3 is 2.76 bits per heavy atom. The third-order valence-electron chi connectivity index (χ3n) is 5.15. The molecule has 2 fully saturated rings. The molecular weight excluding hydrogens is 328 g/mol. The molecule has 1 saturated heterocycles. The Hall–Kier alpha value is -2.41. The number of likely N-dealkylation sites (tertiary alicyclic amines) is 1. The van der Waals surface area contributed by atoms with E-state index >= 15 is 0 Å². The first-order chi connectivity index (χ1) is 12.1. The molecule has 7 heteroatoms. The number of benzene rings is 1. The van der Waals surface area contributed by atoms with Gasteiger partial charge in [0.25, 0.3) is 5.91 Å². The molecule has 2 aromatic rings. The van der Waals surface area contributed by atoms with Crippen molar-refractivity contribution in [3.8, 4) is 0 Å². The molecule has 0 atom stereocenters. The third-order valence-corrected chi connectivity index (χ3v) is 5.15. The molecule has 3 heterocycles. The zero-order valence-corrected chi connectivity index (χ0v) is 13.3. The van der Waals surface area contributed by atoms with E-state index in [4.69, 9.17) is 4.74 Å². The lowest BCUT2D eigenvalue weighted by Gasteiger charge is -2.47. The van der Waals surface area contributed by atoms with Gasteiger partial charge in [-0.25, -0.2) is 18.7 Å². The van der Waals surface area contributed by atoms with Crippen LogP contribution < -0.4 is 0 Å². The molecule has 1 saturated carbocycles. The summed E-state index contributed by atoms with van der Waals surface area (Å²) in [5.74, 6) is -0.960. The first-order valence-electron chi connectivity index (χ1n) is 8.30. The number of aromatic nitrogens is 2. The highest BCUT2D eigenvalue weighted by Crippen LogP contribution is 2.44. The van der Waals surface area contributed by atoms with Crippen LogP contribution in [0.5, 0.6) is 0 Å². The van der Waals surface area contributed by atoms with Crippen LogP contribution in [0, 0.1) is 11.6 Å². The molecule has 0 bridgehead atoms. The number of hydrogen-bond acceptors (Lipinski definition) is 4. The number of carbonyl (C=O) groups is 1. The van der Waals surface area contributed by atoms with Gasteiger partial charge >= 0.3 is 0 Å². The van der Waals surface area contributed by atoms with E-state index in [0.717, 1.165) is 42.1 Å². The van der Waals surface area contributed by atoms with E-state index in [9.17, 15) is 13.6 Å². The molecule has 3 aliphatic rings. The van der Waals surface area contributed by atoms with E-state index in [1.807, 2.05) is 6.20 Å². The molecule has 0 radical (unpaired) electrons. The summed E-state index contributed by atoms with van der Waals surface area (Å²) in [7, 11) is 0. The number of fused-ring (bicyclic) bond motifs is 2. The van der Waals surface area contributed by atoms with Crippen LogP contribution in [-0.4, -0.2) is 33.9 Å². The summed E-state index contributed by atoms with van der Waals surface area (Å²) in [4.78, 5) is 23.1. The molecule has 0 N–H and O–H groups in total. The van der Waals surface area contributed by atoms with Crippen LogP contribution in [-0.2, 0) is 16.9 Å². The molecule has 1 aromatic carbocycles. The highest BCUT2D eigenvalue weighted by molar-refractivity contribution is 5.95. The average molecular weight is 343 g/mol. The van der Waals surface area contributed by atoms with Crippen molar-refractivity contribution in [2.24, 2.45) is 0 Å². The Labute approximate surface area is 142 Å². The van der Waals surface area contributed by atoms with E-state index in [2.05, 4.69) is 9.97 Å². The van der Waals surface area contributed by atoms with Crippen molar-refractivity contribution in [1.29, 1.82) is 0 Å². The van der Waals surface area contributed by atoms with Gasteiger partial charge < -0.3 is 9.64 Å². The second-order valence-corrected chi connectivity index (χ2v) is 6.94. The monoisotopic (exact) mass is 343 g/mol. The summed E-state index contributed by atoms with van der Waals surface area (Å²) in [6.45, 7) is 1.15. The maximum Gasteiger partial charge on any atom is 0.254 e. The fourth-order valence-electron chi connectivity index (χ4n) is 3.53. The average Bonchev–Trinajstić information content (AvgIpc) is 3.36. The fraction of sp³-hybridized carbons (Fsp3) is 0.389. The topological polar surface area (TPSA) is 55.3 Å². The number of carbonyl (C=O) groups excluding carboxylic acids is 1. The summed E-state index contributed by atoms with van der Waals surface area (Å²) >= 11 is 0. The van der Waals surface area contributed by atoms with Crippen LogP contribution in [0.3, 0.4) is 0 Å². The Morgan fingerprint density at radius 2 is 2.04 bits per heavy atom. The van der Waals surface area contributed by atoms with Gasteiger partial charge in [-0.15, -0.1) is 0 Å². The lowest BCUT2D eigenvalue weighted by Crippen LogP contribution is -2.61. The zero-order chi connectivity index (χ0) is 17.2. The number of nitrogens with zero attached hydrogens (tertiary/aromatic N) is 3. The summed E-state index contributed by atoms with van der Waals surface area (Å²) in [6, 6.07) is 3.18. The van der Waals surface area contributed by atoms with Gasteiger partial charge in [-0.3, -0.25) is 4.79 Å². The summed E-state index contributed by atoms with van der Waals surface area (Å²) in [5.41, 5.74) is 1.40. The van der Waals surface area contributed by atoms with Crippen LogP contribution >= 0.6 is 0 Å². The van der Waals surface area contributed by atoms with Crippen LogP contribution in [0.25, 0.3) is 0 Å². The molecule has 5 nitrogen and oxygen atoms in total. The Morgan fingerprint density at radius 1 is 1.24 bits per heavy atom. The number of rotatable bonds is 2. The van der Waals surface area contributed by atoms with Gasteiger partial charge in [0.2, 0.25) is 0 Å². The highest BCUT2D eigenvalue weighted by atomic mass is 19.2. The summed E-state index contributed by atoms with van der Waals surface area (Å²) in [6.07, 6.45) is 4.10. The molecule has 1 aliphatic carbocycles. The number of halogens is 2. The molecule has 1 aromatic heterocycles. The first-order valence-corrected chi connectivity index (χ1v) is 8.30. The smallest absolute Gasteiger partial charge is 0.254 e. The second kappa shape index (κ2) is 5.05. The zero-order valence-electron chi connectivity index (χ0n) is 13.3. The normalized spacial score (nSPS) is 20.5. The minimum atomic E-state index is -1.02. The van der Waals surface area contributed by atoms with Crippen LogP contribution in [0.1, 0.15) is 46.2 Å². The molecule has 1 spiro atoms. The van der Waals surface area contributed by atoms with Gasteiger partial charge in [0.05, 0.1) is 25.4 Å². The highest BCUT2D eigenvalue weighted by Gasteiger charge is 2.52. The lowest BCUT2D eigenvalue weighted by molar-refractivity contribution is -0.126. The molecular formula is C18H15F2N3O2. The van der Waals surface area contributed by atoms with Gasteiger partial charge in [0.15, 0.2) is 11.6 Å². The maximum atomic E-state index is 13.3. The van der Waals surface area contributed by atoms with Gasteiger partial charge in [-0.05, 0) is 31.0 Å². The Balaban J connectivity index is 1.35. The van der Waals surface area contributed by atoms with Gasteiger partial charge in [-0.2, -0.15) is 0 Å². The van der Waals surface area contributed by atoms with Crippen LogP contribution in [0.4, 0.5) is 8.78 Å². The van der Waals surface area contributed by atoms with Crippen LogP contribution in [0.2, 0.25) is 0 Å². The van der Waals surface area contributed by atoms with E-state index < -0.39 is 17.2 Å². The van der Waals surface area contributed by atoms with E-state index in [0.29, 0.717) is 25.6 Å². The number of ether oxygens (including phenoxy) is 1. The minimum Gasteiger partial charge on any atom is -0.360 e.